The van der Waals surface area contributed by atoms with E-state index in [2.05, 4.69) is 17.4 Å². The molecule has 0 aromatic heterocycles. The summed E-state index contributed by atoms with van der Waals surface area (Å²) in [6, 6.07) is 6.48. The maximum absolute atomic E-state index is 12.7. The van der Waals surface area contributed by atoms with E-state index in [1.165, 1.54) is 18.4 Å². The molecule has 3 N–H and O–H groups in total. The van der Waals surface area contributed by atoms with Gasteiger partial charge in [-0.2, -0.15) is 0 Å². The molecule has 0 radical (unpaired) electrons. The lowest BCUT2D eigenvalue weighted by Gasteiger charge is -2.33. The Hall–Kier alpha value is -1.75. The molecule has 5 heteroatoms. The van der Waals surface area contributed by atoms with Crippen LogP contribution in [0.15, 0.2) is 18.2 Å². The lowest BCUT2D eigenvalue weighted by molar-refractivity contribution is -0.126. The lowest BCUT2D eigenvalue weighted by atomic mass is 9.78. The number of ether oxygens (including phenoxy) is 2. The van der Waals surface area contributed by atoms with Crippen LogP contribution in [-0.4, -0.2) is 31.7 Å². The summed E-state index contributed by atoms with van der Waals surface area (Å²) in [6.45, 7) is 1.91. The predicted octanol–water partition coefficient (Wildman–Crippen LogP) is 2.90. The third-order valence-electron chi connectivity index (χ3n) is 6.40. The van der Waals surface area contributed by atoms with Gasteiger partial charge in [-0.3, -0.25) is 4.79 Å². The Labute approximate surface area is 155 Å². The number of carbonyl (C=O) groups excluding carboxylic acids is 1. The van der Waals surface area contributed by atoms with Gasteiger partial charge in [0.05, 0.1) is 0 Å². The molecule has 1 aromatic carbocycles. The van der Waals surface area contributed by atoms with Crippen LogP contribution >= 0.6 is 0 Å². The highest BCUT2D eigenvalue weighted by Crippen LogP contribution is 2.44. The van der Waals surface area contributed by atoms with E-state index in [1.807, 2.05) is 6.07 Å². The van der Waals surface area contributed by atoms with Gasteiger partial charge in [0.15, 0.2) is 11.5 Å². The van der Waals surface area contributed by atoms with Gasteiger partial charge in [-0.15, -0.1) is 0 Å². The van der Waals surface area contributed by atoms with Gasteiger partial charge >= 0.3 is 0 Å². The first kappa shape index (κ1) is 17.7. The van der Waals surface area contributed by atoms with E-state index in [0.29, 0.717) is 19.8 Å². The SMILES string of the molecule is NC1CCCC(C(=O)NCC2(c3ccc4c(c3)OCCO4)CCCC2)C1. The summed E-state index contributed by atoms with van der Waals surface area (Å²) >= 11 is 0. The first-order valence-corrected chi connectivity index (χ1v) is 10.1. The topological polar surface area (TPSA) is 73.6 Å². The highest BCUT2D eigenvalue weighted by molar-refractivity contribution is 5.79. The number of nitrogens with two attached hydrogens (primary N) is 1. The fourth-order valence-electron chi connectivity index (χ4n) is 4.86. The largest absolute Gasteiger partial charge is 0.486 e. The maximum Gasteiger partial charge on any atom is 0.223 e. The highest BCUT2D eigenvalue weighted by atomic mass is 16.6. The third kappa shape index (κ3) is 3.54. The molecule has 4 rings (SSSR count). The zero-order chi connectivity index (χ0) is 18.0. The zero-order valence-electron chi connectivity index (χ0n) is 15.5. The number of fused-ring (bicyclic) bond motifs is 1. The molecule has 0 saturated heterocycles. The van der Waals surface area contributed by atoms with Crippen molar-refractivity contribution in [2.45, 2.75) is 62.8 Å². The van der Waals surface area contributed by atoms with Gasteiger partial charge in [0.25, 0.3) is 0 Å². The minimum atomic E-state index is 0.0162. The van der Waals surface area contributed by atoms with Crippen LogP contribution in [0.5, 0.6) is 11.5 Å². The van der Waals surface area contributed by atoms with E-state index in [-0.39, 0.29) is 23.3 Å². The van der Waals surface area contributed by atoms with Crippen LogP contribution in [-0.2, 0) is 10.2 Å². The number of hydrogen-bond acceptors (Lipinski definition) is 4. The summed E-state index contributed by atoms with van der Waals surface area (Å²) in [7, 11) is 0. The number of hydrogen-bond donors (Lipinski definition) is 2. The van der Waals surface area contributed by atoms with Crippen LogP contribution < -0.4 is 20.5 Å². The molecule has 1 amide bonds. The summed E-state index contributed by atoms with van der Waals surface area (Å²) in [4.78, 5) is 12.7. The molecule has 5 nitrogen and oxygen atoms in total. The van der Waals surface area contributed by atoms with E-state index < -0.39 is 0 Å². The standard InChI is InChI=1S/C21H30N2O3/c22-17-5-3-4-15(12-17)20(24)23-14-21(8-1-2-9-21)16-6-7-18-19(13-16)26-11-10-25-18/h6-7,13,15,17H,1-5,8-12,14,22H2,(H,23,24). The summed E-state index contributed by atoms with van der Waals surface area (Å²) in [6.07, 6.45) is 8.53. The lowest BCUT2D eigenvalue weighted by Crippen LogP contribution is -2.43. The van der Waals surface area contributed by atoms with Crippen LogP contribution in [0.25, 0.3) is 0 Å². The molecule has 3 aliphatic rings. The number of rotatable bonds is 4. The van der Waals surface area contributed by atoms with Crippen LogP contribution in [0.2, 0.25) is 0 Å². The second-order valence-electron chi connectivity index (χ2n) is 8.19. The smallest absolute Gasteiger partial charge is 0.223 e. The van der Waals surface area contributed by atoms with Crippen molar-refractivity contribution in [2.24, 2.45) is 11.7 Å². The maximum atomic E-state index is 12.7. The average molecular weight is 358 g/mol. The van der Waals surface area contributed by atoms with Crippen molar-refractivity contribution in [3.8, 4) is 11.5 Å². The minimum absolute atomic E-state index is 0.0162. The van der Waals surface area contributed by atoms with Crippen molar-refractivity contribution >= 4 is 5.91 Å². The third-order valence-corrected chi connectivity index (χ3v) is 6.40. The van der Waals surface area contributed by atoms with E-state index in [1.54, 1.807) is 0 Å². The normalized spacial score (nSPS) is 27.1. The summed E-state index contributed by atoms with van der Waals surface area (Å²) in [5.74, 6) is 1.93. The molecule has 1 aromatic rings. The van der Waals surface area contributed by atoms with E-state index in [4.69, 9.17) is 15.2 Å². The highest BCUT2D eigenvalue weighted by Gasteiger charge is 2.37. The van der Waals surface area contributed by atoms with Crippen molar-refractivity contribution in [3.63, 3.8) is 0 Å². The van der Waals surface area contributed by atoms with Gasteiger partial charge in [-0.25, -0.2) is 0 Å². The van der Waals surface area contributed by atoms with Crippen LogP contribution in [0.3, 0.4) is 0 Å². The van der Waals surface area contributed by atoms with E-state index >= 15 is 0 Å². The van der Waals surface area contributed by atoms with Crippen molar-refractivity contribution in [2.75, 3.05) is 19.8 Å². The molecule has 2 saturated carbocycles. The van der Waals surface area contributed by atoms with Gasteiger partial charge in [0, 0.05) is 23.9 Å². The van der Waals surface area contributed by atoms with Crippen LogP contribution in [0.1, 0.15) is 56.9 Å². The molecule has 2 fully saturated rings. The number of nitrogens with one attached hydrogen (secondary N) is 1. The second-order valence-corrected chi connectivity index (χ2v) is 8.19. The summed E-state index contributed by atoms with van der Waals surface area (Å²) in [5.41, 5.74) is 7.34. The van der Waals surface area contributed by atoms with Crippen LogP contribution in [0, 0.1) is 5.92 Å². The predicted molar refractivity (Wildman–Crippen MR) is 101 cm³/mol. The second kappa shape index (κ2) is 7.47. The number of carbonyl (C=O) groups is 1. The quantitative estimate of drug-likeness (QED) is 0.868. The zero-order valence-corrected chi connectivity index (χ0v) is 15.5. The molecule has 26 heavy (non-hydrogen) atoms. The number of benzene rings is 1. The fraction of sp³-hybridized carbons (Fsp3) is 0.667. The fourth-order valence-corrected chi connectivity index (χ4v) is 4.86. The van der Waals surface area contributed by atoms with Gasteiger partial charge in [0.1, 0.15) is 13.2 Å². The Morgan fingerprint density at radius 2 is 1.88 bits per heavy atom. The number of amides is 1. The monoisotopic (exact) mass is 358 g/mol. The Morgan fingerprint density at radius 1 is 1.12 bits per heavy atom. The van der Waals surface area contributed by atoms with Gasteiger partial charge in [-0.05, 0) is 49.8 Å². The first-order valence-electron chi connectivity index (χ1n) is 10.1. The first-order chi connectivity index (χ1) is 12.7. The Morgan fingerprint density at radius 3 is 2.65 bits per heavy atom. The molecule has 0 bridgehead atoms. The molecular weight excluding hydrogens is 328 g/mol. The van der Waals surface area contributed by atoms with Crippen molar-refractivity contribution in [1.82, 2.24) is 5.32 Å². The van der Waals surface area contributed by atoms with Crippen LogP contribution in [0.4, 0.5) is 0 Å². The van der Waals surface area contributed by atoms with Gasteiger partial charge in [-0.1, -0.05) is 25.3 Å². The van der Waals surface area contributed by atoms with Crippen molar-refractivity contribution in [1.29, 1.82) is 0 Å². The van der Waals surface area contributed by atoms with Crippen molar-refractivity contribution < 1.29 is 14.3 Å². The summed E-state index contributed by atoms with van der Waals surface area (Å²) in [5, 5.41) is 3.27. The molecule has 1 aliphatic heterocycles. The van der Waals surface area contributed by atoms with E-state index in [0.717, 1.165) is 50.0 Å². The Kier molecular flexibility index (Phi) is 5.07. The molecule has 2 aliphatic carbocycles. The van der Waals surface area contributed by atoms with E-state index in [9.17, 15) is 4.79 Å². The molecule has 2 unspecified atom stereocenters. The van der Waals surface area contributed by atoms with Crippen molar-refractivity contribution in [3.05, 3.63) is 23.8 Å². The molecule has 1 heterocycles. The average Bonchev–Trinajstić information content (AvgIpc) is 3.16. The minimum Gasteiger partial charge on any atom is -0.486 e. The van der Waals surface area contributed by atoms with Gasteiger partial charge < -0.3 is 20.5 Å². The Bertz CT molecular complexity index is 655. The molecule has 0 spiro atoms. The molecular formula is C21H30N2O3. The molecule has 2 atom stereocenters. The van der Waals surface area contributed by atoms with Gasteiger partial charge in [0.2, 0.25) is 5.91 Å². The summed E-state index contributed by atoms with van der Waals surface area (Å²) < 4.78 is 11.4. The molecule has 142 valence electrons. The Balaban J connectivity index is 1.47.